The Morgan fingerprint density at radius 2 is 2.31 bits per heavy atom. The third-order valence-electron chi connectivity index (χ3n) is 2.28. The van der Waals surface area contributed by atoms with Crippen molar-refractivity contribution in [2.24, 2.45) is 0 Å². The molecule has 0 atom stereocenters. The number of carbonyl (C=O) groups is 1. The highest BCUT2D eigenvalue weighted by Crippen LogP contribution is 2.17. The third-order valence-corrected chi connectivity index (χ3v) is 2.28. The van der Waals surface area contributed by atoms with Crippen LogP contribution in [0.1, 0.15) is 24.0 Å². The molecule has 2 aromatic heterocycles. The average Bonchev–Trinajstić information content (AvgIpc) is 2.74. The van der Waals surface area contributed by atoms with Crippen LogP contribution in [0.4, 0.5) is 0 Å². The van der Waals surface area contributed by atoms with Crippen molar-refractivity contribution in [2.75, 3.05) is 0 Å². The lowest BCUT2D eigenvalue weighted by Crippen LogP contribution is -2.04. The first kappa shape index (κ1) is 10.5. The average molecular weight is 216 g/mol. The molecule has 0 unspecified atom stereocenters. The van der Waals surface area contributed by atoms with Gasteiger partial charge < -0.3 is 4.57 Å². The van der Waals surface area contributed by atoms with Crippen LogP contribution in [0.3, 0.4) is 0 Å². The Hall–Kier alpha value is -2.04. The van der Waals surface area contributed by atoms with Crippen LogP contribution in [0.25, 0.3) is 11.4 Å². The van der Waals surface area contributed by atoms with Crippen LogP contribution in [-0.4, -0.2) is 25.8 Å². The second-order valence-electron chi connectivity index (χ2n) is 3.37. The first-order valence-electron chi connectivity index (χ1n) is 5.14. The summed E-state index contributed by atoms with van der Waals surface area (Å²) in [7, 11) is 0. The summed E-state index contributed by atoms with van der Waals surface area (Å²) in [5.74, 6) is 0.440. The molecule has 0 bridgehead atoms. The third kappa shape index (κ3) is 1.84. The maximum Gasteiger partial charge on any atom is 0.185 e. The summed E-state index contributed by atoms with van der Waals surface area (Å²) in [6.45, 7) is 2.81. The van der Waals surface area contributed by atoms with Gasteiger partial charge in [0.05, 0.1) is 17.6 Å². The van der Waals surface area contributed by atoms with E-state index < -0.39 is 0 Å². The van der Waals surface area contributed by atoms with Crippen molar-refractivity contribution in [2.45, 2.75) is 19.9 Å². The number of hydrogen-bond acceptors (Lipinski definition) is 4. The lowest BCUT2D eigenvalue weighted by molar-refractivity contribution is 0.111. The molecule has 0 aliphatic carbocycles. The van der Waals surface area contributed by atoms with Crippen LogP contribution < -0.4 is 0 Å². The molecule has 2 aromatic rings. The standard InChI is InChI=1S/C11H12N4O/c1-2-5-15-10(6-13-11(15)7-16)9-3-4-12-8-14-9/h3-4,6-8H,2,5H2,1H3. The minimum atomic E-state index is 0.440. The molecule has 0 fully saturated rings. The fourth-order valence-electron chi connectivity index (χ4n) is 1.59. The van der Waals surface area contributed by atoms with E-state index >= 15 is 0 Å². The van der Waals surface area contributed by atoms with Crippen molar-refractivity contribution < 1.29 is 4.79 Å². The molecule has 0 N–H and O–H groups in total. The number of rotatable bonds is 4. The molecule has 0 amide bonds. The molecule has 0 aliphatic heterocycles. The Balaban J connectivity index is 2.48. The largest absolute Gasteiger partial charge is 0.321 e. The lowest BCUT2D eigenvalue weighted by atomic mass is 10.3. The zero-order valence-corrected chi connectivity index (χ0v) is 9.00. The van der Waals surface area contributed by atoms with Crippen molar-refractivity contribution in [1.29, 1.82) is 0 Å². The van der Waals surface area contributed by atoms with Gasteiger partial charge in [-0.2, -0.15) is 0 Å². The summed E-state index contributed by atoms with van der Waals surface area (Å²) in [6, 6.07) is 1.80. The van der Waals surface area contributed by atoms with Gasteiger partial charge in [0, 0.05) is 12.7 Å². The number of carbonyl (C=O) groups excluding carboxylic acids is 1. The number of imidazole rings is 1. The summed E-state index contributed by atoms with van der Waals surface area (Å²) in [5.41, 5.74) is 1.63. The van der Waals surface area contributed by atoms with E-state index in [1.165, 1.54) is 6.33 Å². The van der Waals surface area contributed by atoms with Crippen LogP contribution in [0, 0.1) is 0 Å². The smallest absolute Gasteiger partial charge is 0.185 e. The quantitative estimate of drug-likeness (QED) is 0.728. The van der Waals surface area contributed by atoms with Crippen molar-refractivity contribution >= 4 is 6.29 Å². The molecular weight excluding hydrogens is 204 g/mol. The summed E-state index contributed by atoms with van der Waals surface area (Å²) in [5, 5.41) is 0. The van der Waals surface area contributed by atoms with E-state index in [0.29, 0.717) is 5.82 Å². The van der Waals surface area contributed by atoms with E-state index in [2.05, 4.69) is 21.9 Å². The van der Waals surface area contributed by atoms with Gasteiger partial charge in [0.1, 0.15) is 6.33 Å². The van der Waals surface area contributed by atoms with E-state index in [9.17, 15) is 4.79 Å². The van der Waals surface area contributed by atoms with Gasteiger partial charge in [0.15, 0.2) is 12.1 Å². The van der Waals surface area contributed by atoms with Crippen LogP contribution in [-0.2, 0) is 6.54 Å². The summed E-state index contributed by atoms with van der Waals surface area (Å²) in [6.07, 6.45) is 6.53. The molecule has 0 spiro atoms. The predicted molar refractivity (Wildman–Crippen MR) is 58.9 cm³/mol. The SMILES string of the molecule is CCCn1c(-c2ccncn2)cnc1C=O. The maximum absolute atomic E-state index is 10.8. The Morgan fingerprint density at radius 3 is 2.94 bits per heavy atom. The van der Waals surface area contributed by atoms with Crippen molar-refractivity contribution in [3.8, 4) is 11.4 Å². The molecule has 0 saturated carbocycles. The lowest BCUT2D eigenvalue weighted by Gasteiger charge is -2.06. The Kier molecular flexibility index (Phi) is 3.05. The van der Waals surface area contributed by atoms with Gasteiger partial charge >= 0.3 is 0 Å². The number of aldehydes is 1. The van der Waals surface area contributed by atoms with Crippen molar-refractivity contribution in [3.05, 3.63) is 30.6 Å². The highest BCUT2D eigenvalue weighted by molar-refractivity contribution is 5.72. The van der Waals surface area contributed by atoms with Gasteiger partial charge in [-0.3, -0.25) is 4.79 Å². The molecule has 16 heavy (non-hydrogen) atoms. The van der Waals surface area contributed by atoms with Gasteiger partial charge in [-0.25, -0.2) is 15.0 Å². The van der Waals surface area contributed by atoms with Gasteiger partial charge in [0.2, 0.25) is 0 Å². The fraction of sp³-hybridized carbons (Fsp3) is 0.273. The Morgan fingerprint density at radius 1 is 1.44 bits per heavy atom. The van der Waals surface area contributed by atoms with Gasteiger partial charge in [-0.1, -0.05) is 6.92 Å². The highest BCUT2D eigenvalue weighted by atomic mass is 16.1. The van der Waals surface area contributed by atoms with E-state index in [1.54, 1.807) is 18.5 Å². The summed E-state index contributed by atoms with van der Waals surface area (Å²) < 4.78 is 1.87. The fourth-order valence-corrected chi connectivity index (χ4v) is 1.59. The van der Waals surface area contributed by atoms with Crippen LogP contribution in [0.2, 0.25) is 0 Å². The molecule has 5 heteroatoms. The second kappa shape index (κ2) is 4.65. The van der Waals surface area contributed by atoms with Crippen molar-refractivity contribution in [1.82, 2.24) is 19.5 Å². The zero-order chi connectivity index (χ0) is 11.4. The maximum atomic E-state index is 10.8. The molecule has 0 saturated heterocycles. The van der Waals surface area contributed by atoms with Gasteiger partial charge in [0.25, 0.3) is 0 Å². The molecule has 2 rings (SSSR count). The van der Waals surface area contributed by atoms with Gasteiger partial charge in [-0.15, -0.1) is 0 Å². The monoisotopic (exact) mass is 216 g/mol. The van der Waals surface area contributed by atoms with Crippen LogP contribution >= 0.6 is 0 Å². The van der Waals surface area contributed by atoms with Gasteiger partial charge in [-0.05, 0) is 12.5 Å². The number of nitrogens with zero attached hydrogens (tertiary/aromatic N) is 4. The Bertz CT molecular complexity index is 478. The predicted octanol–water partition coefficient (Wildman–Crippen LogP) is 1.56. The topological polar surface area (TPSA) is 60.7 Å². The van der Waals surface area contributed by atoms with E-state index in [4.69, 9.17) is 0 Å². The summed E-state index contributed by atoms with van der Waals surface area (Å²) in [4.78, 5) is 22.9. The van der Waals surface area contributed by atoms with E-state index in [-0.39, 0.29) is 0 Å². The number of hydrogen-bond donors (Lipinski definition) is 0. The summed E-state index contributed by atoms with van der Waals surface area (Å²) >= 11 is 0. The molecule has 5 nitrogen and oxygen atoms in total. The molecular formula is C11H12N4O. The normalized spacial score (nSPS) is 10.3. The molecule has 82 valence electrons. The minimum absolute atomic E-state index is 0.440. The minimum Gasteiger partial charge on any atom is -0.321 e. The highest BCUT2D eigenvalue weighted by Gasteiger charge is 2.10. The Labute approximate surface area is 93.2 Å². The molecule has 0 aliphatic rings. The van der Waals surface area contributed by atoms with E-state index in [1.807, 2.05) is 4.57 Å². The van der Waals surface area contributed by atoms with Crippen LogP contribution in [0.5, 0.6) is 0 Å². The molecule has 0 aromatic carbocycles. The zero-order valence-electron chi connectivity index (χ0n) is 9.00. The first-order chi connectivity index (χ1) is 7.86. The second-order valence-corrected chi connectivity index (χ2v) is 3.37. The number of aromatic nitrogens is 4. The van der Waals surface area contributed by atoms with Crippen molar-refractivity contribution in [3.63, 3.8) is 0 Å². The molecule has 0 radical (unpaired) electrons. The first-order valence-corrected chi connectivity index (χ1v) is 5.14. The van der Waals surface area contributed by atoms with E-state index in [0.717, 1.165) is 30.6 Å². The van der Waals surface area contributed by atoms with Crippen LogP contribution in [0.15, 0.2) is 24.8 Å². The molecule has 2 heterocycles.